The summed E-state index contributed by atoms with van der Waals surface area (Å²) in [5.41, 5.74) is 6.21. The summed E-state index contributed by atoms with van der Waals surface area (Å²) in [6.45, 7) is 15.1. The van der Waals surface area contributed by atoms with E-state index in [1.807, 2.05) is 6.92 Å². The molecule has 0 aromatic carbocycles. The summed E-state index contributed by atoms with van der Waals surface area (Å²) in [6, 6.07) is 0. The quantitative estimate of drug-likeness (QED) is 0.704. The SMILES string of the molecule is CC#CC(C)(C)C(C)(CC)CC(C)(C)N. The highest BCUT2D eigenvalue weighted by Crippen LogP contribution is 2.46. The molecule has 1 unspecified atom stereocenters. The van der Waals surface area contributed by atoms with Crippen molar-refractivity contribution in [2.75, 3.05) is 0 Å². The maximum absolute atomic E-state index is 6.14. The fraction of sp³-hybridized carbons (Fsp3) is 0.857. The van der Waals surface area contributed by atoms with Crippen LogP contribution >= 0.6 is 0 Å². The first-order chi connectivity index (χ1) is 6.58. The van der Waals surface area contributed by atoms with Crippen LogP contribution in [-0.2, 0) is 0 Å². The number of nitrogens with two attached hydrogens (primary N) is 1. The predicted molar refractivity (Wildman–Crippen MR) is 68.5 cm³/mol. The zero-order valence-electron chi connectivity index (χ0n) is 11.5. The molecule has 0 radical (unpaired) electrons. The van der Waals surface area contributed by atoms with Gasteiger partial charge in [0.2, 0.25) is 0 Å². The second-order valence-electron chi connectivity index (χ2n) is 6.08. The minimum absolute atomic E-state index is 0.0210. The molecule has 0 aliphatic carbocycles. The van der Waals surface area contributed by atoms with Crippen molar-refractivity contribution in [1.29, 1.82) is 0 Å². The Labute approximate surface area is 95.8 Å². The Hall–Kier alpha value is -0.480. The lowest BCUT2D eigenvalue weighted by molar-refractivity contribution is 0.100. The molecule has 0 aliphatic rings. The highest BCUT2D eigenvalue weighted by atomic mass is 14.7. The largest absolute Gasteiger partial charge is 0.326 e. The predicted octanol–water partition coefficient (Wildman–Crippen LogP) is 3.58. The molecule has 0 aliphatic heterocycles. The van der Waals surface area contributed by atoms with Crippen LogP contribution in [0.2, 0.25) is 0 Å². The summed E-state index contributed by atoms with van der Waals surface area (Å²) in [5.74, 6) is 6.37. The van der Waals surface area contributed by atoms with E-state index in [9.17, 15) is 0 Å². The highest BCUT2D eigenvalue weighted by Gasteiger charge is 2.41. The van der Waals surface area contributed by atoms with Crippen LogP contribution in [0.15, 0.2) is 0 Å². The minimum atomic E-state index is -0.128. The number of hydrogen-bond acceptors (Lipinski definition) is 1. The summed E-state index contributed by atoms with van der Waals surface area (Å²) >= 11 is 0. The van der Waals surface area contributed by atoms with E-state index in [1.165, 1.54) is 0 Å². The second-order valence-corrected chi connectivity index (χ2v) is 6.08. The van der Waals surface area contributed by atoms with Crippen molar-refractivity contribution in [1.82, 2.24) is 0 Å². The van der Waals surface area contributed by atoms with E-state index in [-0.39, 0.29) is 16.4 Å². The smallest absolute Gasteiger partial charge is 0.0312 e. The molecule has 1 atom stereocenters. The van der Waals surface area contributed by atoms with E-state index in [0.29, 0.717) is 0 Å². The van der Waals surface area contributed by atoms with E-state index < -0.39 is 0 Å². The molecule has 1 heteroatoms. The van der Waals surface area contributed by atoms with Crippen molar-refractivity contribution >= 4 is 0 Å². The van der Waals surface area contributed by atoms with Crippen molar-refractivity contribution in [3.05, 3.63) is 0 Å². The van der Waals surface area contributed by atoms with Gasteiger partial charge < -0.3 is 5.73 Å². The average Bonchev–Trinajstić information content (AvgIpc) is 2.00. The molecule has 0 aromatic heterocycles. The third-order valence-corrected chi connectivity index (χ3v) is 3.57. The summed E-state index contributed by atoms with van der Waals surface area (Å²) in [7, 11) is 0. The maximum Gasteiger partial charge on any atom is 0.0312 e. The molecule has 0 saturated heterocycles. The monoisotopic (exact) mass is 209 g/mol. The Bertz CT molecular complexity index is 259. The average molecular weight is 209 g/mol. The van der Waals surface area contributed by atoms with Gasteiger partial charge in [-0.3, -0.25) is 0 Å². The van der Waals surface area contributed by atoms with E-state index in [0.717, 1.165) is 12.8 Å². The van der Waals surface area contributed by atoms with Gasteiger partial charge in [0.05, 0.1) is 0 Å². The van der Waals surface area contributed by atoms with Crippen LogP contribution in [0.5, 0.6) is 0 Å². The van der Waals surface area contributed by atoms with E-state index in [2.05, 4.69) is 53.4 Å². The van der Waals surface area contributed by atoms with E-state index in [1.54, 1.807) is 0 Å². The lowest BCUT2D eigenvalue weighted by atomic mass is 9.61. The molecule has 88 valence electrons. The van der Waals surface area contributed by atoms with Gasteiger partial charge in [0, 0.05) is 11.0 Å². The Morgan fingerprint density at radius 3 is 1.80 bits per heavy atom. The van der Waals surface area contributed by atoms with Crippen molar-refractivity contribution in [3.63, 3.8) is 0 Å². The van der Waals surface area contributed by atoms with Crippen LogP contribution < -0.4 is 5.73 Å². The zero-order valence-corrected chi connectivity index (χ0v) is 11.5. The van der Waals surface area contributed by atoms with Crippen molar-refractivity contribution < 1.29 is 0 Å². The Kier molecular flexibility index (Phi) is 4.43. The first-order valence-corrected chi connectivity index (χ1v) is 5.81. The molecule has 0 amide bonds. The summed E-state index contributed by atoms with van der Waals surface area (Å²) in [6.07, 6.45) is 2.10. The van der Waals surface area contributed by atoms with Gasteiger partial charge in [0.25, 0.3) is 0 Å². The van der Waals surface area contributed by atoms with Gasteiger partial charge in [-0.15, -0.1) is 5.92 Å². The molecular formula is C14H27N. The van der Waals surface area contributed by atoms with Crippen LogP contribution in [0.4, 0.5) is 0 Å². The minimum Gasteiger partial charge on any atom is -0.326 e. The lowest BCUT2D eigenvalue weighted by Gasteiger charge is -2.44. The number of rotatable bonds is 4. The fourth-order valence-corrected chi connectivity index (χ4v) is 2.26. The lowest BCUT2D eigenvalue weighted by Crippen LogP contribution is -2.44. The molecule has 0 rings (SSSR count). The Morgan fingerprint density at radius 2 is 1.53 bits per heavy atom. The Morgan fingerprint density at radius 1 is 1.07 bits per heavy atom. The van der Waals surface area contributed by atoms with Crippen LogP contribution in [-0.4, -0.2) is 5.54 Å². The second kappa shape index (κ2) is 4.58. The Balaban J connectivity index is 5.06. The van der Waals surface area contributed by atoms with Crippen LogP contribution in [0.25, 0.3) is 0 Å². The van der Waals surface area contributed by atoms with Gasteiger partial charge in [0.15, 0.2) is 0 Å². The van der Waals surface area contributed by atoms with Gasteiger partial charge in [-0.1, -0.05) is 19.8 Å². The third-order valence-electron chi connectivity index (χ3n) is 3.57. The van der Waals surface area contributed by atoms with Crippen molar-refractivity contribution in [3.8, 4) is 11.8 Å². The molecule has 15 heavy (non-hydrogen) atoms. The summed E-state index contributed by atoms with van der Waals surface area (Å²) in [5, 5.41) is 0. The number of hydrogen-bond donors (Lipinski definition) is 1. The zero-order chi connectivity index (χ0) is 12.3. The first-order valence-electron chi connectivity index (χ1n) is 5.81. The van der Waals surface area contributed by atoms with Gasteiger partial charge in [0.1, 0.15) is 0 Å². The van der Waals surface area contributed by atoms with E-state index >= 15 is 0 Å². The molecule has 1 nitrogen and oxygen atoms in total. The molecule has 0 fully saturated rings. The van der Waals surface area contributed by atoms with Gasteiger partial charge in [-0.25, -0.2) is 0 Å². The van der Waals surface area contributed by atoms with E-state index in [4.69, 9.17) is 5.73 Å². The molecule has 0 aromatic rings. The van der Waals surface area contributed by atoms with Crippen molar-refractivity contribution in [2.45, 2.75) is 66.8 Å². The summed E-state index contributed by atoms with van der Waals surface area (Å²) < 4.78 is 0. The van der Waals surface area contributed by atoms with Crippen LogP contribution in [0.3, 0.4) is 0 Å². The fourth-order valence-electron chi connectivity index (χ4n) is 2.26. The molecule has 0 saturated carbocycles. The third kappa shape index (κ3) is 3.87. The molecule has 0 bridgehead atoms. The topological polar surface area (TPSA) is 26.0 Å². The molecule has 0 heterocycles. The maximum atomic E-state index is 6.14. The molecule has 0 spiro atoms. The van der Waals surface area contributed by atoms with Gasteiger partial charge in [-0.05, 0) is 52.9 Å². The van der Waals surface area contributed by atoms with Gasteiger partial charge in [-0.2, -0.15) is 0 Å². The first kappa shape index (κ1) is 14.5. The van der Waals surface area contributed by atoms with Gasteiger partial charge >= 0.3 is 0 Å². The standard InChI is InChI=1S/C14H27N/c1-8-10-12(3,4)14(7,9-2)11-13(5,6)15/h9,11,15H2,1-7H3. The highest BCUT2D eigenvalue weighted by molar-refractivity contribution is 5.13. The molecule has 2 N–H and O–H groups in total. The van der Waals surface area contributed by atoms with Crippen molar-refractivity contribution in [2.24, 2.45) is 16.6 Å². The van der Waals surface area contributed by atoms with Crippen LogP contribution in [0, 0.1) is 22.7 Å². The summed E-state index contributed by atoms with van der Waals surface area (Å²) in [4.78, 5) is 0. The van der Waals surface area contributed by atoms with Crippen LogP contribution in [0.1, 0.15) is 61.3 Å². The normalized spacial score (nSPS) is 16.5. The molecular weight excluding hydrogens is 182 g/mol.